The Hall–Kier alpha value is -3.78. The van der Waals surface area contributed by atoms with E-state index in [0.29, 0.717) is 0 Å². The van der Waals surface area contributed by atoms with Crippen LogP contribution in [0.15, 0.2) is 45.1 Å². The molecule has 0 spiro atoms. The number of nitrogens with two attached hydrogens (primary N) is 1. The highest BCUT2D eigenvalue weighted by atomic mass is 32.2. The lowest BCUT2D eigenvalue weighted by Crippen LogP contribution is -2.38. The van der Waals surface area contributed by atoms with Crippen molar-refractivity contribution >= 4 is 38.8 Å². The summed E-state index contributed by atoms with van der Waals surface area (Å²) < 4.78 is 31.0. The topological polar surface area (TPSA) is 177 Å². The van der Waals surface area contributed by atoms with Crippen LogP contribution in [0.3, 0.4) is 0 Å². The molecule has 13 nitrogen and oxygen atoms in total. The van der Waals surface area contributed by atoms with Gasteiger partial charge in [-0.25, -0.2) is 23.3 Å². The number of aryl methyl sites for hydroxylation is 1. The largest absolute Gasteiger partial charge is 0.451 e. The van der Waals surface area contributed by atoms with Gasteiger partial charge >= 0.3 is 11.7 Å². The summed E-state index contributed by atoms with van der Waals surface area (Å²) in [7, 11) is -1.11. The van der Waals surface area contributed by atoms with Crippen LogP contribution < -0.4 is 21.7 Å². The van der Waals surface area contributed by atoms with Crippen molar-refractivity contribution in [2.75, 3.05) is 5.32 Å². The molecule has 170 valence electrons. The zero-order chi connectivity index (χ0) is 23.8. The van der Waals surface area contributed by atoms with E-state index in [2.05, 4.69) is 10.3 Å². The third-order valence-corrected chi connectivity index (χ3v) is 5.57. The molecule has 32 heavy (non-hydrogen) atoms. The predicted octanol–water partition coefficient (Wildman–Crippen LogP) is -1.35. The van der Waals surface area contributed by atoms with Gasteiger partial charge in [0.1, 0.15) is 6.54 Å². The first-order chi connectivity index (χ1) is 14.9. The summed E-state index contributed by atoms with van der Waals surface area (Å²) in [6.45, 7) is 0.936. The normalized spacial score (nSPS) is 12.5. The Bertz CT molecular complexity index is 1430. The lowest BCUT2D eigenvalue weighted by atomic mass is 10.3. The van der Waals surface area contributed by atoms with Gasteiger partial charge in [0.05, 0.1) is 11.2 Å². The van der Waals surface area contributed by atoms with Gasteiger partial charge in [-0.15, -0.1) is 0 Å². The molecule has 0 aliphatic rings. The molecule has 1 amide bonds. The van der Waals surface area contributed by atoms with Gasteiger partial charge < -0.3 is 14.6 Å². The number of sulfonamides is 1. The number of nitrogens with one attached hydrogen (secondary N) is 1. The Labute approximate surface area is 181 Å². The molecule has 0 fully saturated rings. The number of ether oxygens (including phenoxy) is 1. The van der Waals surface area contributed by atoms with Gasteiger partial charge in [0, 0.05) is 19.8 Å². The summed E-state index contributed by atoms with van der Waals surface area (Å²) in [4.78, 5) is 52.9. The van der Waals surface area contributed by atoms with Crippen molar-refractivity contribution in [3.05, 3.63) is 51.4 Å². The van der Waals surface area contributed by atoms with Crippen LogP contribution in [0.1, 0.15) is 6.92 Å². The average molecular weight is 464 g/mol. The molecular weight excluding hydrogens is 444 g/mol. The van der Waals surface area contributed by atoms with Gasteiger partial charge in [-0.1, -0.05) is 0 Å². The second-order valence-electron chi connectivity index (χ2n) is 6.94. The van der Waals surface area contributed by atoms with Crippen LogP contribution in [0, 0.1) is 0 Å². The average Bonchev–Trinajstić information content (AvgIpc) is 3.13. The van der Waals surface area contributed by atoms with Crippen molar-refractivity contribution < 1.29 is 22.7 Å². The highest BCUT2D eigenvalue weighted by Crippen LogP contribution is 2.13. The fourth-order valence-corrected chi connectivity index (χ4v) is 3.43. The first kappa shape index (κ1) is 22.9. The Morgan fingerprint density at radius 3 is 2.38 bits per heavy atom. The van der Waals surface area contributed by atoms with E-state index in [0.717, 1.165) is 4.57 Å². The van der Waals surface area contributed by atoms with Crippen molar-refractivity contribution in [1.29, 1.82) is 0 Å². The van der Waals surface area contributed by atoms with E-state index < -0.39 is 45.8 Å². The fourth-order valence-electron chi connectivity index (χ4n) is 2.92. The van der Waals surface area contributed by atoms with Crippen LogP contribution in [-0.4, -0.2) is 45.1 Å². The maximum absolute atomic E-state index is 12.4. The third kappa shape index (κ3) is 4.45. The number of hydrogen-bond donors (Lipinski definition) is 2. The summed E-state index contributed by atoms with van der Waals surface area (Å²) in [5, 5.41) is 7.50. The molecule has 0 saturated heterocycles. The molecular formula is C18H20N6O7S. The van der Waals surface area contributed by atoms with E-state index in [9.17, 15) is 27.6 Å². The predicted molar refractivity (Wildman–Crippen MR) is 112 cm³/mol. The van der Waals surface area contributed by atoms with Crippen LogP contribution in [0.25, 0.3) is 11.2 Å². The smallest absolute Gasteiger partial charge is 0.332 e. The Morgan fingerprint density at radius 2 is 1.78 bits per heavy atom. The van der Waals surface area contributed by atoms with Crippen molar-refractivity contribution in [2.45, 2.75) is 24.5 Å². The lowest BCUT2D eigenvalue weighted by molar-refractivity contribution is -0.153. The lowest BCUT2D eigenvalue weighted by Gasteiger charge is -2.14. The zero-order valence-corrected chi connectivity index (χ0v) is 18.1. The number of nitrogens with zero attached hydrogens (tertiary/aromatic N) is 4. The Kier molecular flexibility index (Phi) is 6.00. The number of imidazole rings is 1. The van der Waals surface area contributed by atoms with Crippen molar-refractivity contribution in [1.82, 2.24) is 18.7 Å². The number of anilines is 1. The first-order valence-corrected chi connectivity index (χ1v) is 10.7. The van der Waals surface area contributed by atoms with Gasteiger partial charge in [-0.2, -0.15) is 0 Å². The minimum Gasteiger partial charge on any atom is -0.451 e. The van der Waals surface area contributed by atoms with E-state index >= 15 is 0 Å². The van der Waals surface area contributed by atoms with Gasteiger partial charge in [0.2, 0.25) is 10.0 Å². The summed E-state index contributed by atoms with van der Waals surface area (Å²) in [5.74, 6) is -1.47. The molecule has 0 aliphatic carbocycles. The number of fused-ring (bicyclic) bond motifs is 1. The molecule has 1 unspecified atom stereocenters. The molecule has 0 bridgehead atoms. The molecule has 0 saturated carbocycles. The van der Waals surface area contributed by atoms with E-state index in [4.69, 9.17) is 9.88 Å². The number of rotatable bonds is 6. The maximum atomic E-state index is 12.4. The van der Waals surface area contributed by atoms with Crippen LogP contribution in [0.4, 0.5) is 5.69 Å². The first-order valence-electron chi connectivity index (χ1n) is 9.14. The number of primary sulfonamides is 1. The molecule has 1 atom stereocenters. The number of benzene rings is 1. The molecule has 2 aromatic heterocycles. The number of hydrogen-bond acceptors (Lipinski definition) is 8. The van der Waals surface area contributed by atoms with Crippen LogP contribution in [0.2, 0.25) is 0 Å². The number of carbonyl (C=O) groups excluding carboxylic acids is 2. The highest BCUT2D eigenvalue weighted by molar-refractivity contribution is 7.89. The van der Waals surface area contributed by atoms with E-state index in [1.54, 1.807) is 0 Å². The zero-order valence-electron chi connectivity index (χ0n) is 17.3. The van der Waals surface area contributed by atoms with Gasteiger partial charge in [-0.05, 0) is 31.2 Å². The minimum absolute atomic E-state index is 0.0404. The molecule has 3 N–H and O–H groups in total. The molecule has 2 heterocycles. The van der Waals surface area contributed by atoms with Crippen molar-refractivity contribution in [3.63, 3.8) is 0 Å². The Morgan fingerprint density at radius 1 is 1.16 bits per heavy atom. The number of carbonyl (C=O) groups is 2. The highest BCUT2D eigenvalue weighted by Gasteiger charge is 2.21. The number of esters is 1. The summed E-state index contributed by atoms with van der Waals surface area (Å²) in [5.41, 5.74) is -0.756. The molecule has 3 rings (SSSR count). The summed E-state index contributed by atoms with van der Waals surface area (Å²) in [6.07, 6.45) is 0.0345. The molecule has 1 aromatic carbocycles. The van der Waals surface area contributed by atoms with Gasteiger partial charge in [0.15, 0.2) is 17.3 Å². The molecule has 3 aromatic rings. The van der Waals surface area contributed by atoms with Crippen molar-refractivity contribution in [3.8, 4) is 0 Å². The quantitative estimate of drug-likeness (QED) is 0.421. The van der Waals surface area contributed by atoms with Crippen molar-refractivity contribution in [2.24, 2.45) is 19.2 Å². The monoisotopic (exact) mass is 464 g/mol. The minimum atomic E-state index is -3.86. The van der Waals surface area contributed by atoms with Gasteiger partial charge in [-0.3, -0.25) is 23.5 Å². The maximum Gasteiger partial charge on any atom is 0.332 e. The van der Waals surface area contributed by atoms with Crippen LogP contribution in [0.5, 0.6) is 0 Å². The van der Waals surface area contributed by atoms with Gasteiger partial charge in [0.25, 0.3) is 11.5 Å². The van der Waals surface area contributed by atoms with E-state index in [-0.39, 0.29) is 21.7 Å². The summed E-state index contributed by atoms with van der Waals surface area (Å²) >= 11 is 0. The fraction of sp³-hybridized carbons (Fsp3) is 0.278. The standard InChI is InChI=1S/C18H20N6O7S/c1-10(16(26)21-11-4-6-12(7-5-11)32(19,29)30)31-13(25)8-24-9-20-15-14(24)17(27)23(3)18(28)22(15)2/h4-7,9-10H,8H2,1-3H3,(H,21,26)(H2,19,29,30). The molecule has 0 aliphatic heterocycles. The third-order valence-electron chi connectivity index (χ3n) is 4.64. The van der Waals surface area contributed by atoms with Crippen LogP contribution in [-0.2, 0) is 45.0 Å². The number of amides is 1. The molecule has 14 heteroatoms. The van der Waals surface area contributed by atoms with E-state index in [1.165, 1.54) is 60.7 Å². The Balaban J connectivity index is 1.69. The SMILES string of the molecule is CC(OC(=O)Cn1cnc2c1c(=O)n(C)c(=O)n2C)C(=O)Nc1ccc(S(N)(=O)=O)cc1. The van der Waals surface area contributed by atoms with Crippen LogP contribution >= 0.6 is 0 Å². The summed E-state index contributed by atoms with van der Waals surface area (Å²) in [6, 6.07) is 5.12. The number of aromatic nitrogens is 4. The van der Waals surface area contributed by atoms with E-state index in [1.807, 2.05) is 0 Å². The second-order valence-corrected chi connectivity index (χ2v) is 8.50. The molecule has 0 radical (unpaired) electrons. The second kappa shape index (κ2) is 8.39.